The summed E-state index contributed by atoms with van der Waals surface area (Å²) in [6.07, 6.45) is 0. The van der Waals surface area contributed by atoms with Gasteiger partial charge in [-0.3, -0.25) is 14.6 Å². The molecule has 1 aromatic heterocycles. The number of benzene rings is 2. The van der Waals surface area contributed by atoms with Crippen molar-refractivity contribution >= 4 is 34.2 Å². The number of nitrogens with one attached hydrogen (secondary N) is 1. The highest BCUT2D eigenvalue weighted by molar-refractivity contribution is 6.30. The summed E-state index contributed by atoms with van der Waals surface area (Å²) in [4.78, 5) is 21.6. The number of aromatic nitrogens is 2. The third kappa shape index (κ3) is 4.35. The van der Waals surface area contributed by atoms with Crippen molar-refractivity contribution in [2.75, 3.05) is 38.0 Å². The predicted molar refractivity (Wildman–Crippen MR) is 113 cm³/mol. The number of halogens is 1. The van der Waals surface area contributed by atoms with Gasteiger partial charge in [0, 0.05) is 43.9 Å². The molecule has 2 aromatic carbocycles. The highest BCUT2D eigenvalue weighted by atomic mass is 35.5. The lowest BCUT2D eigenvalue weighted by molar-refractivity contribution is -0.117. The fourth-order valence-corrected chi connectivity index (χ4v) is 3.80. The van der Waals surface area contributed by atoms with E-state index >= 15 is 0 Å². The second-order valence-electron chi connectivity index (χ2n) is 7.19. The first-order chi connectivity index (χ1) is 13.6. The smallest absolute Gasteiger partial charge is 0.238 e. The zero-order chi connectivity index (χ0) is 19.5. The lowest BCUT2D eigenvalue weighted by atomic mass is 10.3. The molecule has 0 unspecified atom stereocenters. The summed E-state index contributed by atoms with van der Waals surface area (Å²) >= 11 is 5.97. The molecule has 6 nitrogen and oxygen atoms in total. The van der Waals surface area contributed by atoms with Gasteiger partial charge in [-0.15, -0.1) is 0 Å². The molecule has 3 aromatic rings. The highest BCUT2D eigenvalue weighted by Crippen LogP contribution is 2.17. The van der Waals surface area contributed by atoms with Crippen molar-refractivity contribution in [3.05, 3.63) is 59.4 Å². The maximum atomic E-state index is 12.3. The van der Waals surface area contributed by atoms with E-state index in [-0.39, 0.29) is 5.91 Å². The molecule has 0 bridgehead atoms. The average molecular weight is 398 g/mol. The highest BCUT2D eigenvalue weighted by Gasteiger charge is 2.20. The molecule has 1 fully saturated rings. The van der Waals surface area contributed by atoms with Crippen LogP contribution < -0.4 is 5.32 Å². The van der Waals surface area contributed by atoms with Gasteiger partial charge in [0.25, 0.3) is 0 Å². The largest absolute Gasteiger partial charge is 0.330 e. The van der Waals surface area contributed by atoms with E-state index < -0.39 is 0 Å². The van der Waals surface area contributed by atoms with Crippen LogP contribution in [0.3, 0.4) is 0 Å². The molecule has 1 aliphatic rings. The monoisotopic (exact) mass is 397 g/mol. The number of hydrogen-bond donors (Lipinski definition) is 1. The van der Waals surface area contributed by atoms with Crippen LogP contribution in [0, 0.1) is 0 Å². The molecule has 0 aliphatic carbocycles. The van der Waals surface area contributed by atoms with Crippen LogP contribution in [0.4, 0.5) is 5.69 Å². The molecule has 0 radical (unpaired) electrons. The number of nitrogens with zero attached hydrogens (tertiary/aromatic N) is 4. The van der Waals surface area contributed by atoms with Gasteiger partial charge < -0.3 is 9.88 Å². The van der Waals surface area contributed by atoms with Crippen molar-refractivity contribution in [2.45, 2.75) is 6.54 Å². The summed E-state index contributed by atoms with van der Waals surface area (Å²) in [5.74, 6) is 1.07. The molecular weight excluding hydrogens is 374 g/mol. The molecule has 1 amide bonds. The Kier molecular flexibility index (Phi) is 5.62. The van der Waals surface area contributed by atoms with Gasteiger partial charge >= 0.3 is 0 Å². The summed E-state index contributed by atoms with van der Waals surface area (Å²) in [7, 11) is 2.07. The number of carbonyl (C=O) groups excluding carboxylic acids is 1. The van der Waals surface area contributed by atoms with Crippen molar-refractivity contribution in [2.24, 2.45) is 7.05 Å². The van der Waals surface area contributed by atoms with Gasteiger partial charge in [0.15, 0.2) is 0 Å². The number of piperazine rings is 1. The fourth-order valence-electron chi connectivity index (χ4n) is 3.61. The number of carbonyl (C=O) groups is 1. The van der Waals surface area contributed by atoms with Crippen molar-refractivity contribution in [1.29, 1.82) is 0 Å². The van der Waals surface area contributed by atoms with E-state index in [0.29, 0.717) is 11.6 Å². The first-order valence-electron chi connectivity index (χ1n) is 9.49. The molecule has 2 heterocycles. The van der Waals surface area contributed by atoms with Crippen LogP contribution in [-0.2, 0) is 18.4 Å². The predicted octanol–water partition coefficient (Wildman–Crippen LogP) is 2.98. The Labute approximate surface area is 169 Å². The van der Waals surface area contributed by atoms with Crippen LogP contribution in [0.2, 0.25) is 5.02 Å². The van der Waals surface area contributed by atoms with Gasteiger partial charge in [0.1, 0.15) is 5.82 Å². The summed E-state index contributed by atoms with van der Waals surface area (Å²) < 4.78 is 2.17. The minimum atomic E-state index is -0.00827. The molecule has 0 saturated carbocycles. The van der Waals surface area contributed by atoms with Crippen molar-refractivity contribution in [3.63, 3.8) is 0 Å². The molecule has 1 aliphatic heterocycles. The summed E-state index contributed by atoms with van der Waals surface area (Å²) in [6.45, 7) is 4.81. The second kappa shape index (κ2) is 8.31. The minimum Gasteiger partial charge on any atom is -0.330 e. The standard InChI is InChI=1S/C21H24ClN5O/c1-25-19-8-3-2-7-18(19)24-20(25)14-26-9-11-27(12-10-26)15-21(28)23-17-6-4-5-16(22)13-17/h2-8,13H,9-12,14-15H2,1H3,(H,23,28). The van der Waals surface area contributed by atoms with Gasteiger partial charge in [-0.1, -0.05) is 29.8 Å². The Bertz CT molecular complexity index is 978. The average Bonchev–Trinajstić information content (AvgIpc) is 2.99. The Morgan fingerprint density at radius 3 is 2.57 bits per heavy atom. The van der Waals surface area contributed by atoms with E-state index in [1.807, 2.05) is 24.3 Å². The molecule has 7 heteroatoms. The number of aryl methyl sites for hydroxylation is 1. The van der Waals surface area contributed by atoms with Gasteiger partial charge in [0.05, 0.1) is 24.1 Å². The molecular formula is C21H24ClN5O. The quantitative estimate of drug-likeness (QED) is 0.719. The second-order valence-corrected chi connectivity index (χ2v) is 7.62. The molecule has 0 spiro atoms. The van der Waals surface area contributed by atoms with E-state index in [1.54, 1.807) is 12.1 Å². The van der Waals surface area contributed by atoms with Crippen LogP contribution in [0.5, 0.6) is 0 Å². The van der Waals surface area contributed by atoms with Crippen LogP contribution in [-0.4, -0.2) is 58.0 Å². The van der Waals surface area contributed by atoms with E-state index in [9.17, 15) is 4.79 Å². The maximum absolute atomic E-state index is 12.3. The van der Waals surface area contributed by atoms with Crippen molar-refractivity contribution in [1.82, 2.24) is 19.4 Å². The molecule has 4 rings (SSSR count). The van der Waals surface area contributed by atoms with E-state index in [0.717, 1.165) is 55.3 Å². The topological polar surface area (TPSA) is 53.4 Å². The molecule has 1 N–H and O–H groups in total. The number of anilines is 1. The zero-order valence-corrected chi connectivity index (χ0v) is 16.7. The fraction of sp³-hybridized carbons (Fsp3) is 0.333. The Morgan fingerprint density at radius 2 is 1.82 bits per heavy atom. The lowest BCUT2D eigenvalue weighted by Gasteiger charge is -2.34. The van der Waals surface area contributed by atoms with Gasteiger partial charge in [-0.05, 0) is 30.3 Å². The van der Waals surface area contributed by atoms with Crippen LogP contribution >= 0.6 is 11.6 Å². The third-order valence-electron chi connectivity index (χ3n) is 5.19. The maximum Gasteiger partial charge on any atom is 0.238 e. The number of hydrogen-bond acceptors (Lipinski definition) is 4. The van der Waals surface area contributed by atoms with Crippen LogP contribution in [0.15, 0.2) is 48.5 Å². The number of amides is 1. The number of fused-ring (bicyclic) bond motifs is 1. The first-order valence-corrected chi connectivity index (χ1v) is 9.87. The Morgan fingerprint density at radius 1 is 1.07 bits per heavy atom. The van der Waals surface area contributed by atoms with E-state index in [2.05, 4.69) is 38.9 Å². The van der Waals surface area contributed by atoms with Crippen molar-refractivity contribution in [3.8, 4) is 0 Å². The lowest BCUT2D eigenvalue weighted by Crippen LogP contribution is -2.48. The van der Waals surface area contributed by atoms with Gasteiger partial charge in [-0.2, -0.15) is 0 Å². The number of imidazole rings is 1. The third-order valence-corrected chi connectivity index (χ3v) is 5.42. The number of para-hydroxylation sites is 2. The van der Waals surface area contributed by atoms with Gasteiger partial charge in [0.2, 0.25) is 5.91 Å². The van der Waals surface area contributed by atoms with Crippen molar-refractivity contribution < 1.29 is 4.79 Å². The Balaban J connectivity index is 1.28. The van der Waals surface area contributed by atoms with E-state index in [4.69, 9.17) is 16.6 Å². The normalized spacial score (nSPS) is 15.8. The van der Waals surface area contributed by atoms with Crippen LogP contribution in [0.25, 0.3) is 11.0 Å². The number of rotatable bonds is 5. The molecule has 28 heavy (non-hydrogen) atoms. The molecule has 1 saturated heterocycles. The summed E-state index contributed by atoms with van der Waals surface area (Å²) in [6, 6.07) is 15.4. The Hall–Kier alpha value is -2.41. The molecule has 0 atom stereocenters. The SMILES string of the molecule is Cn1c(CN2CCN(CC(=O)Nc3cccc(Cl)c3)CC2)nc2ccccc21. The first kappa shape index (κ1) is 18.9. The summed E-state index contributed by atoms with van der Waals surface area (Å²) in [5, 5.41) is 3.53. The summed E-state index contributed by atoms with van der Waals surface area (Å²) in [5.41, 5.74) is 2.93. The zero-order valence-electron chi connectivity index (χ0n) is 15.9. The molecule has 146 valence electrons. The minimum absolute atomic E-state index is 0.00827. The van der Waals surface area contributed by atoms with Crippen LogP contribution in [0.1, 0.15) is 5.82 Å². The van der Waals surface area contributed by atoms with E-state index in [1.165, 1.54) is 0 Å². The van der Waals surface area contributed by atoms with Gasteiger partial charge in [-0.25, -0.2) is 4.98 Å².